The zero-order chi connectivity index (χ0) is 19.3. The molecule has 0 bridgehead atoms. The molecule has 26 heavy (non-hydrogen) atoms. The Morgan fingerprint density at radius 2 is 2.08 bits per heavy atom. The molecule has 0 fully saturated rings. The molecule has 0 radical (unpaired) electrons. The lowest BCUT2D eigenvalue weighted by Gasteiger charge is -2.08. The molecule has 0 saturated heterocycles. The highest BCUT2D eigenvalue weighted by Crippen LogP contribution is 2.22. The smallest absolute Gasteiger partial charge is 0.308 e. The van der Waals surface area contributed by atoms with Crippen LogP contribution >= 0.6 is 11.3 Å². The van der Waals surface area contributed by atoms with E-state index in [0.717, 1.165) is 17.0 Å². The summed E-state index contributed by atoms with van der Waals surface area (Å²) < 4.78 is 6.31. The fourth-order valence-corrected chi connectivity index (χ4v) is 2.94. The predicted molar refractivity (Wildman–Crippen MR) is 95.4 cm³/mol. The van der Waals surface area contributed by atoms with Gasteiger partial charge in [0.1, 0.15) is 0 Å². The average Bonchev–Trinajstić information content (AvgIpc) is 2.91. The van der Waals surface area contributed by atoms with Crippen LogP contribution < -0.4 is 10.2 Å². The van der Waals surface area contributed by atoms with Gasteiger partial charge in [0.25, 0.3) is 11.6 Å². The van der Waals surface area contributed by atoms with Gasteiger partial charge in [-0.25, -0.2) is 0 Å². The third-order valence-corrected chi connectivity index (χ3v) is 4.45. The fraction of sp³-hybridized carbons (Fsp3) is 0.312. The molecule has 0 spiro atoms. The van der Waals surface area contributed by atoms with Crippen molar-refractivity contribution < 1.29 is 19.2 Å². The van der Waals surface area contributed by atoms with Crippen LogP contribution in [0.2, 0.25) is 0 Å². The number of benzene rings is 1. The second-order valence-corrected chi connectivity index (χ2v) is 6.33. The lowest BCUT2D eigenvalue weighted by molar-refractivity contribution is -0.385. The van der Waals surface area contributed by atoms with E-state index in [9.17, 15) is 24.5 Å². The summed E-state index contributed by atoms with van der Waals surface area (Å²) in [4.78, 5) is 45.2. The van der Waals surface area contributed by atoms with Gasteiger partial charge in [-0.1, -0.05) is 17.4 Å². The second-order valence-electron chi connectivity index (χ2n) is 5.51. The van der Waals surface area contributed by atoms with E-state index in [2.05, 4.69) is 5.32 Å². The Morgan fingerprint density at radius 3 is 2.69 bits per heavy atom. The van der Waals surface area contributed by atoms with Crippen molar-refractivity contribution in [2.24, 2.45) is 0 Å². The zero-order valence-electron chi connectivity index (χ0n) is 14.2. The van der Waals surface area contributed by atoms with Crippen molar-refractivity contribution in [3.63, 3.8) is 0 Å². The summed E-state index contributed by atoms with van der Waals surface area (Å²) in [5.41, 5.74) is 1.35. The molecular formula is C16H17N3O6S. The van der Waals surface area contributed by atoms with Gasteiger partial charge >= 0.3 is 10.8 Å². The standard InChI is InChI=1S/C16H17N3O6S/c1-10-3-4-12(7-13(10)19(23)24)17-14(20)8-25-15(21)5-6-18-11(2)9-26-16(18)22/h3-4,7,9H,5-6,8H2,1-2H3,(H,17,20). The monoisotopic (exact) mass is 379 g/mol. The number of nitro groups is 1. The maximum atomic E-state index is 11.8. The first-order valence-electron chi connectivity index (χ1n) is 7.63. The van der Waals surface area contributed by atoms with E-state index in [0.29, 0.717) is 5.56 Å². The van der Waals surface area contributed by atoms with Gasteiger partial charge in [-0.05, 0) is 19.9 Å². The SMILES string of the molecule is Cc1ccc(NC(=O)COC(=O)CCn2c(C)csc2=O)cc1[N+](=O)[O-]. The van der Waals surface area contributed by atoms with E-state index in [4.69, 9.17) is 4.74 Å². The number of nitro benzene ring substituents is 1. The third-order valence-electron chi connectivity index (χ3n) is 3.57. The predicted octanol–water partition coefficient (Wildman–Crippen LogP) is 2.01. The van der Waals surface area contributed by atoms with Crippen LogP contribution in [0.25, 0.3) is 0 Å². The Hall–Kier alpha value is -3.01. The maximum Gasteiger partial charge on any atom is 0.308 e. The van der Waals surface area contributed by atoms with Crippen molar-refractivity contribution in [2.45, 2.75) is 26.8 Å². The summed E-state index contributed by atoms with van der Waals surface area (Å²) in [6, 6.07) is 4.27. The lowest BCUT2D eigenvalue weighted by Crippen LogP contribution is -2.22. The number of aryl methyl sites for hydroxylation is 2. The quantitative estimate of drug-likeness (QED) is 0.446. The highest BCUT2D eigenvalue weighted by molar-refractivity contribution is 7.07. The molecule has 1 N–H and O–H groups in total. The minimum absolute atomic E-state index is 0.0409. The van der Waals surface area contributed by atoms with Crippen LogP contribution in [0.1, 0.15) is 17.7 Å². The average molecular weight is 379 g/mol. The van der Waals surface area contributed by atoms with Crippen LogP contribution in [0.4, 0.5) is 11.4 Å². The number of ether oxygens (including phenoxy) is 1. The van der Waals surface area contributed by atoms with Crippen molar-refractivity contribution in [1.29, 1.82) is 0 Å². The van der Waals surface area contributed by atoms with Gasteiger partial charge in [0.2, 0.25) is 0 Å². The van der Waals surface area contributed by atoms with Crippen molar-refractivity contribution in [1.82, 2.24) is 4.57 Å². The molecule has 0 aliphatic rings. The Labute approximate surface area is 152 Å². The number of nitrogens with zero attached hydrogens (tertiary/aromatic N) is 2. The lowest BCUT2D eigenvalue weighted by atomic mass is 10.2. The second kappa shape index (κ2) is 8.39. The molecule has 2 aromatic rings. The first kappa shape index (κ1) is 19.3. The number of amides is 1. The molecule has 0 atom stereocenters. The summed E-state index contributed by atoms with van der Waals surface area (Å²) >= 11 is 1.05. The van der Waals surface area contributed by atoms with Crippen molar-refractivity contribution in [3.05, 3.63) is 54.6 Å². The van der Waals surface area contributed by atoms with Crippen molar-refractivity contribution in [3.8, 4) is 0 Å². The van der Waals surface area contributed by atoms with Gasteiger partial charge in [0.05, 0.1) is 11.3 Å². The molecule has 1 aromatic heterocycles. The highest BCUT2D eigenvalue weighted by atomic mass is 32.1. The number of hydrogen-bond acceptors (Lipinski definition) is 7. The first-order valence-corrected chi connectivity index (χ1v) is 8.51. The molecule has 0 aliphatic heterocycles. The van der Waals surface area contributed by atoms with Gasteiger partial charge in [-0.2, -0.15) is 0 Å². The number of aromatic nitrogens is 1. The molecule has 1 aromatic carbocycles. The highest BCUT2D eigenvalue weighted by Gasteiger charge is 2.14. The first-order chi connectivity index (χ1) is 12.3. The number of carbonyl (C=O) groups excluding carboxylic acids is 2. The van der Waals surface area contributed by atoms with Crippen molar-refractivity contribution in [2.75, 3.05) is 11.9 Å². The molecule has 10 heteroatoms. The Balaban J connectivity index is 1.83. The van der Waals surface area contributed by atoms with E-state index in [1.165, 1.54) is 22.8 Å². The minimum atomic E-state index is -0.618. The van der Waals surface area contributed by atoms with Gasteiger partial charge in [0.15, 0.2) is 6.61 Å². The normalized spacial score (nSPS) is 10.4. The summed E-state index contributed by atoms with van der Waals surface area (Å²) in [6.45, 7) is 3.01. The number of esters is 1. The number of rotatable bonds is 7. The van der Waals surface area contributed by atoms with Crippen LogP contribution in [-0.2, 0) is 20.9 Å². The van der Waals surface area contributed by atoms with Crippen molar-refractivity contribution >= 4 is 34.6 Å². The number of nitrogens with one attached hydrogen (secondary N) is 1. The van der Waals surface area contributed by atoms with Crippen LogP contribution in [0.3, 0.4) is 0 Å². The molecule has 1 amide bonds. The van der Waals surface area contributed by atoms with Crippen LogP contribution in [-0.4, -0.2) is 28.0 Å². The van der Waals surface area contributed by atoms with Crippen LogP contribution in [0, 0.1) is 24.0 Å². The topological polar surface area (TPSA) is 121 Å². The molecule has 138 valence electrons. The number of anilines is 1. The molecular weight excluding hydrogens is 362 g/mol. The summed E-state index contributed by atoms with van der Waals surface area (Å²) in [6.07, 6.45) is -0.0409. The number of thiazole rings is 1. The van der Waals surface area contributed by atoms with E-state index in [-0.39, 0.29) is 29.2 Å². The molecule has 9 nitrogen and oxygen atoms in total. The minimum Gasteiger partial charge on any atom is -0.456 e. The van der Waals surface area contributed by atoms with Gasteiger partial charge in [-0.15, -0.1) is 0 Å². The zero-order valence-corrected chi connectivity index (χ0v) is 15.0. The molecule has 0 aliphatic carbocycles. The van der Waals surface area contributed by atoms with E-state index in [1.54, 1.807) is 19.2 Å². The maximum absolute atomic E-state index is 11.8. The number of carbonyl (C=O) groups is 2. The van der Waals surface area contributed by atoms with Crippen LogP contribution in [0.5, 0.6) is 0 Å². The van der Waals surface area contributed by atoms with E-state index >= 15 is 0 Å². The molecule has 0 saturated carbocycles. The Bertz CT molecular complexity index is 902. The van der Waals surface area contributed by atoms with Gasteiger partial charge in [0, 0.05) is 34.9 Å². The molecule has 2 rings (SSSR count). The molecule has 0 unspecified atom stereocenters. The fourth-order valence-electron chi connectivity index (χ4n) is 2.18. The number of hydrogen-bond donors (Lipinski definition) is 1. The molecule has 1 heterocycles. The summed E-state index contributed by atoms with van der Waals surface area (Å²) in [5, 5.41) is 15.0. The van der Waals surface area contributed by atoms with Gasteiger partial charge in [-0.3, -0.25) is 24.5 Å². The largest absolute Gasteiger partial charge is 0.456 e. The Kier molecular flexibility index (Phi) is 6.23. The van der Waals surface area contributed by atoms with Crippen LogP contribution in [0.15, 0.2) is 28.4 Å². The van der Waals surface area contributed by atoms with Gasteiger partial charge < -0.3 is 14.6 Å². The van der Waals surface area contributed by atoms with E-state index < -0.39 is 23.4 Å². The van der Waals surface area contributed by atoms with E-state index in [1.807, 2.05) is 0 Å². The Morgan fingerprint density at radius 1 is 1.35 bits per heavy atom. The summed E-state index contributed by atoms with van der Waals surface area (Å²) in [7, 11) is 0. The summed E-state index contributed by atoms with van der Waals surface area (Å²) in [5.74, 6) is -1.23. The third kappa shape index (κ3) is 4.99.